The summed E-state index contributed by atoms with van der Waals surface area (Å²) in [4.78, 5) is 40.0. The number of unbranched alkanes of at least 4 members (excludes halogenated alkanes) is 3. The van der Waals surface area contributed by atoms with Gasteiger partial charge >= 0.3 is 5.97 Å². The highest BCUT2D eigenvalue weighted by Crippen LogP contribution is 2.35. The smallest absolute Gasteiger partial charge is 0.341 e. The van der Waals surface area contributed by atoms with Crippen LogP contribution in [0.3, 0.4) is 0 Å². The minimum Gasteiger partial charge on any atom is -0.459 e. The van der Waals surface area contributed by atoms with Gasteiger partial charge in [0.05, 0.1) is 16.5 Å². The van der Waals surface area contributed by atoms with Crippen molar-refractivity contribution in [2.45, 2.75) is 79.8 Å². The maximum atomic E-state index is 12.8. The third-order valence-corrected chi connectivity index (χ3v) is 5.64. The van der Waals surface area contributed by atoms with E-state index in [1.54, 1.807) is 25.7 Å². The first-order chi connectivity index (χ1) is 13.3. The van der Waals surface area contributed by atoms with Gasteiger partial charge in [0, 0.05) is 19.5 Å². The number of esters is 1. The van der Waals surface area contributed by atoms with Gasteiger partial charge < -0.3 is 15.0 Å². The summed E-state index contributed by atoms with van der Waals surface area (Å²) in [5.41, 5.74) is 0.852. The van der Waals surface area contributed by atoms with Crippen molar-refractivity contribution < 1.29 is 19.1 Å². The molecule has 1 N–H and O–H groups in total. The molecule has 1 aromatic rings. The van der Waals surface area contributed by atoms with E-state index in [1.807, 2.05) is 13.8 Å². The molecule has 0 aliphatic rings. The third-order valence-electron chi connectivity index (χ3n) is 4.45. The Hall–Kier alpha value is -1.89. The maximum absolute atomic E-state index is 12.8. The number of nitrogens with zero attached hydrogens (tertiary/aromatic N) is 1. The van der Waals surface area contributed by atoms with Crippen molar-refractivity contribution in [2.75, 3.05) is 18.4 Å². The van der Waals surface area contributed by atoms with E-state index >= 15 is 0 Å². The molecule has 7 heteroatoms. The minimum absolute atomic E-state index is 0.130. The Bertz CT molecular complexity index is 678. The van der Waals surface area contributed by atoms with Crippen LogP contribution >= 0.6 is 11.3 Å². The van der Waals surface area contributed by atoms with Crippen LogP contribution in [0.25, 0.3) is 0 Å². The Morgan fingerprint density at radius 2 is 1.71 bits per heavy atom. The van der Waals surface area contributed by atoms with E-state index < -0.39 is 5.97 Å². The Morgan fingerprint density at radius 3 is 2.25 bits per heavy atom. The number of hydrogen-bond donors (Lipinski definition) is 1. The largest absolute Gasteiger partial charge is 0.459 e. The van der Waals surface area contributed by atoms with E-state index in [-0.39, 0.29) is 23.5 Å². The lowest BCUT2D eigenvalue weighted by Crippen LogP contribution is -2.30. The molecule has 158 valence electrons. The van der Waals surface area contributed by atoms with Gasteiger partial charge in [0.15, 0.2) is 0 Å². The van der Waals surface area contributed by atoms with Gasteiger partial charge in [-0.25, -0.2) is 4.79 Å². The molecule has 1 heterocycles. The molecule has 0 bridgehead atoms. The number of nitrogens with one attached hydrogen (secondary N) is 1. The van der Waals surface area contributed by atoms with E-state index in [2.05, 4.69) is 12.2 Å². The molecule has 0 aromatic carbocycles. The first-order valence-electron chi connectivity index (χ1n) is 10.2. The molecular formula is C21H34N2O4S. The minimum atomic E-state index is -0.511. The zero-order valence-corrected chi connectivity index (χ0v) is 18.8. The number of anilines is 1. The van der Waals surface area contributed by atoms with Crippen molar-refractivity contribution in [1.82, 2.24) is 4.90 Å². The topological polar surface area (TPSA) is 75.7 Å². The summed E-state index contributed by atoms with van der Waals surface area (Å²) in [6.45, 7) is 12.4. The molecule has 0 saturated heterocycles. The van der Waals surface area contributed by atoms with Crippen molar-refractivity contribution in [1.29, 1.82) is 0 Å². The highest BCUT2D eigenvalue weighted by Gasteiger charge is 2.28. The Labute approximate surface area is 172 Å². The monoisotopic (exact) mass is 410 g/mol. The number of thiophene rings is 1. The molecule has 0 aliphatic carbocycles. The number of rotatable bonds is 11. The van der Waals surface area contributed by atoms with Gasteiger partial charge in [0.25, 0.3) is 5.91 Å². The zero-order valence-electron chi connectivity index (χ0n) is 18.0. The lowest BCUT2D eigenvalue weighted by atomic mass is 10.1. The molecule has 1 rings (SSSR count). The van der Waals surface area contributed by atoms with Gasteiger partial charge in [-0.15, -0.1) is 11.3 Å². The fourth-order valence-corrected chi connectivity index (χ4v) is 4.06. The summed E-state index contributed by atoms with van der Waals surface area (Å²) in [6.07, 6.45) is 4.12. The fraction of sp³-hybridized carbons (Fsp3) is 0.667. The van der Waals surface area contributed by atoms with Gasteiger partial charge in [0.2, 0.25) is 5.91 Å². The molecule has 0 aliphatic heterocycles. The van der Waals surface area contributed by atoms with Crippen molar-refractivity contribution >= 4 is 34.1 Å². The molecule has 0 atom stereocenters. The summed E-state index contributed by atoms with van der Waals surface area (Å²) in [5.74, 6) is -0.782. The van der Waals surface area contributed by atoms with Crippen molar-refractivity contribution in [3.63, 3.8) is 0 Å². The molecule has 2 amide bonds. The van der Waals surface area contributed by atoms with E-state index in [1.165, 1.54) is 0 Å². The van der Waals surface area contributed by atoms with Crippen LogP contribution in [0.5, 0.6) is 0 Å². The predicted molar refractivity (Wildman–Crippen MR) is 114 cm³/mol. The molecule has 6 nitrogen and oxygen atoms in total. The number of carbonyl (C=O) groups is 3. The molecular weight excluding hydrogens is 376 g/mol. The predicted octanol–water partition coefficient (Wildman–Crippen LogP) is 5.01. The standard InChI is InChI=1S/C21H34N2O4S/c1-7-10-11-12-13-16(24)22-19-17(21(26)27-14(4)5)15(6)18(28-19)20(25)23(8-2)9-3/h14H,7-13H2,1-6H3,(H,22,24). The molecule has 0 fully saturated rings. The SMILES string of the molecule is CCCCCCC(=O)Nc1sc(C(=O)N(CC)CC)c(C)c1C(=O)OC(C)C. The van der Waals surface area contributed by atoms with Crippen LogP contribution < -0.4 is 5.32 Å². The Morgan fingerprint density at radius 1 is 1.07 bits per heavy atom. The second-order valence-electron chi connectivity index (χ2n) is 7.05. The highest BCUT2D eigenvalue weighted by molar-refractivity contribution is 7.18. The molecule has 0 saturated carbocycles. The van der Waals surface area contributed by atoms with Crippen molar-refractivity contribution in [2.24, 2.45) is 0 Å². The summed E-state index contributed by atoms with van der Waals surface area (Å²) >= 11 is 1.16. The van der Waals surface area contributed by atoms with Crippen LogP contribution in [0, 0.1) is 6.92 Å². The molecule has 0 radical (unpaired) electrons. The van der Waals surface area contributed by atoms with Crippen LogP contribution in [0.2, 0.25) is 0 Å². The fourth-order valence-electron chi connectivity index (χ4n) is 2.88. The van der Waals surface area contributed by atoms with Gasteiger partial charge in [-0.05, 0) is 46.6 Å². The second-order valence-corrected chi connectivity index (χ2v) is 8.07. The quantitative estimate of drug-likeness (QED) is 0.411. The van der Waals surface area contributed by atoms with Gasteiger partial charge in [-0.2, -0.15) is 0 Å². The number of ether oxygens (including phenoxy) is 1. The van der Waals surface area contributed by atoms with Crippen LogP contribution in [0.15, 0.2) is 0 Å². The average Bonchev–Trinajstić information content (AvgIpc) is 2.95. The first-order valence-corrected chi connectivity index (χ1v) is 11.0. The third kappa shape index (κ3) is 6.62. The maximum Gasteiger partial charge on any atom is 0.341 e. The van der Waals surface area contributed by atoms with Crippen LogP contribution in [-0.4, -0.2) is 41.9 Å². The van der Waals surface area contributed by atoms with Crippen molar-refractivity contribution in [3.8, 4) is 0 Å². The van der Waals surface area contributed by atoms with Gasteiger partial charge in [-0.3, -0.25) is 9.59 Å². The summed E-state index contributed by atoms with van der Waals surface area (Å²) in [6, 6.07) is 0. The van der Waals surface area contributed by atoms with Crippen molar-refractivity contribution in [3.05, 3.63) is 16.0 Å². The zero-order chi connectivity index (χ0) is 21.3. The lowest BCUT2D eigenvalue weighted by Gasteiger charge is -2.18. The molecule has 1 aromatic heterocycles. The van der Waals surface area contributed by atoms with Gasteiger partial charge in [0.1, 0.15) is 5.00 Å². The van der Waals surface area contributed by atoms with E-state index in [9.17, 15) is 14.4 Å². The summed E-state index contributed by atoms with van der Waals surface area (Å²) in [5, 5.41) is 3.24. The molecule has 0 spiro atoms. The average molecular weight is 411 g/mol. The Balaban J connectivity index is 3.14. The highest BCUT2D eigenvalue weighted by atomic mass is 32.1. The van der Waals surface area contributed by atoms with Gasteiger partial charge in [-0.1, -0.05) is 26.2 Å². The van der Waals surface area contributed by atoms with E-state index in [0.717, 1.165) is 37.0 Å². The van der Waals surface area contributed by atoms with E-state index in [0.29, 0.717) is 35.0 Å². The van der Waals surface area contributed by atoms with Crippen LogP contribution in [-0.2, 0) is 9.53 Å². The van der Waals surface area contributed by atoms with Crippen LogP contribution in [0.4, 0.5) is 5.00 Å². The normalized spacial score (nSPS) is 10.8. The number of hydrogen-bond acceptors (Lipinski definition) is 5. The van der Waals surface area contributed by atoms with Crippen LogP contribution in [0.1, 0.15) is 92.3 Å². The number of amides is 2. The Kier molecular flexibility index (Phi) is 10.2. The first kappa shape index (κ1) is 24.1. The summed E-state index contributed by atoms with van der Waals surface area (Å²) < 4.78 is 5.35. The van der Waals surface area contributed by atoms with E-state index in [4.69, 9.17) is 4.74 Å². The summed E-state index contributed by atoms with van der Waals surface area (Å²) in [7, 11) is 0. The number of carbonyl (C=O) groups excluding carboxylic acids is 3. The molecule has 28 heavy (non-hydrogen) atoms. The lowest BCUT2D eigenvalue weighted by molar-refractivity contribution is -0.116. The second kappa shape index (κ2) is 11.8. The molecule has 0 unspecified atom stereocenters.